The van der Waals surface area contributed by atoms with E-state index in [1.165, 1.54) is 4.57 Å². The minimum atomic E-state index is -0.857. The van der Waals surface area contributed by atoms with Crippen LogP contribution in [0.5, 0.6) is 0 Å². The Morgan fingerprint density at radius 3 is 2.26 bits per heavy atom. The van der Waals surface area contributed by atoms with Crippen LogP contribution in [0.25, 0.3) is 17.5 Å². The van der Waals surface area contributed by atoms with Crippen molar-refractivity contribution in [3.8, 4) is 0 Å². The number of ether oxygens (including phenoxy) is 2. The quantitative estimate of drug-likeness (QED) is 0.533. The highest BCUT2D eigenvalue weighted by Gasteiger charge is 2.40. The van der Waals surface area contributed by atoms with Gasteiger partial charge in [-0.2, -0.15) is 0 Å². The molecule has 8 heteroatoms. The first-order valence-electron chi connectivity index (χ1n) is 11.3. The smallest absolute Gasteiger partial charge is 0.338 e. The molecular weight excluding hydrogens is 464 g/mol. The molecule has 0 radical (unpaired) electrons. The number of nitrogens with zero attached hydrogens (tertiary/aromatic N) is 1. The van der Waals surface area contributed by atoms with E-state index in [0.29, 0.717) is 14.8 Å². The zero-order valence-electron chi connectivity index (χ0n) is 19.7. The van der Waals surface area contributed by atoms with Gasteiger partial charge in [0.1, 0.15) is 10.5 Å². The van der Waals surface area contributed by atoms with Crippen molar-refractivity contribution in [2.75, 3.05) is 6.61 Å². The van der Waals surface area contributed by atoms with Gasteiger partial charge in [-0.3, -0.25) is 9.36 Å². The van der Waals surface area contributed by atoms with Crippen LogP contribution >= 0.6 is 11.3 Å². The van der Waals surface area contributed by atoms with Gasteiger partial charge in [-0.15, -0.1) is 11.3 Å². The average Bonchev–Trinajstić information content (AvgIpc) is 3.15. The molecule has 1 aliphatic rings. The molecule has 0 saturated carbocycles. The lowest BCUT2D eigenvalue weighted by Gasteiger charge is -2.27. The molecule has 0 bridgehead atoms. The van der Waals surface area contributed by atoms with E-state index in [1.54, 1.807) is 39.0 Å². The minimum absolute atomic E-state index is 0.0346. The SMILES string of the molecule is CCOC(=O)C1=C(N)n2c(sc(=Cc3ccccc3)c2=O)=C(C(=O)OC(C)C)[C@@H]1c1ccccc1. The summed E-state index contributed by atoms with van der Waals surface area (Å²) in [5.41, 5.74) is 7.76. The molecule has 180 valence electrons. The number of hydrogen-bond donors (Lipinski definition) is 1. The van der Waals surface area contributed by atoms with Gasteiger partial charge in [-0.05, 0) is 38.0 Å². The lowest BCUT2D eigenvalue weighted by Crippen LogP contribution is -2.42. The number of nitrogens with two attached hydrogens (primary N) is 1. The minimum Gasteiger partial charge on any atom is -0.463 e. The molecule has 3 aromatic rings. The van der Waals surface area contributed by atoms with Crippen molar-refractivity contribution in [1.29, 1.82) is 0 Å². The maximum Gasteiger partial charge on any atom is 0.338 e. The molecule has 0 spiro atoms. The summed E-state index contributed by atoms with van der Waals surface area (Å²) in [6.45, 7) is 5.28. The fourth-order valence-corrected chi connectivity index (χ4v) is 5.18. The van der Waals surface area contributed by atoms with Crippen LogP contribution in [-0.2, 0) is 19.1 Å². The van der Waals surface area contributed by atoms with E-state index < -0.39 is 29.5 Å². The normalized spacial score (nSPS) is 15.8. The highest BCUT2D eigenvalue weighted by molar-refractivity contribution is 7.07. The Kier molecular flexibility index (Phi) is 7.02. The number of fused-ring (bicyclic) bond motifs is 1. The van der Waals surface area contributed by atoms with E-state index in [-0.39, 0.29) is 23.6 Å². The number of carbonyl (C=O) groups excluding carboxylic acids is 2. The van der Waals surface area contributed by atoms with Gasteiger partial charge in [0.2, 0.25) is 0 Å². The number of esters is 2. The van der Waals surface area contributed by atoms with E-state index >= 15 is 0 Å². The molecule has 0 amide bonds. The Bertz CT molecular complexity index is 1470. The maximum absolute atomic E-state index is 13.5. The van der Waals surface area contributed by atoms with Crippen molar-refractivity contribution < 1.29 is 19.1 Å². The summed E-state index contributed by atoms with van der Waals surface area (Å²) < 4.78 is 12.8. The summed E-state index contributed by atoms with van der Waals surface area (Å²) in [5, 5.41) is 0. The topological polar surface area (TPSA) is 101 Å². The van der Waals surface area contributed by atoms with E-state index in [9.17, 15) is 14.4 Å². The van der Waals surface area contributed by atoms with Gasteiger partial charge in [0.25, 0.3) is 5.56 Å². The zero-order chi connectivity index (χ0) is 25.1. The molecule has 0 fully saturated rings. The van der Waals surface area contributed by atoms with Crippen LogP contribution in [0.2, 0.25) is 0 Å². The molecule has 35 heavy (non-hydrogen) atoms. The Hall–Kier alpha value is -3.91. The Morgan fingerprint density at radius 2 is 1.66 bits per heavy atom. The molecule has 0 unspecified atom stereocenters. The first kappa shape index (κ1) is 24.2. The second-order valence-corrected chi connectivity index (χ2v) is 9.23. The van der Waals surface area contributed by atoms with Crippen molar-refractivity contribution in [2.24, 2.45) is 5.73 Å². The molecule has 1 aromatic heterocycles. The molecule has 2 aromatic carbocycles. The van der Waals surface area contributed by atoms with Crippen LogP contribution < -0.4 is 20.5 Å². The largest absolute Gasteiger partial charge is 0.463 e. The summed E-state index contributed by atoms with van der Waals surface area (Å²) in [7, 11) is 0. The van der Waals surface area contributed by atoms with Gasteiger partial charge >= 0.3 is 11.9 Å². The molecule has 7 nitrogen and oxygen atoms in total. The Balaban J connectivity index is 2.11. The lowest BCUT2D eigenvalue weighted by atomic mass is 9.83. The highest BCUT2D eigenvalue weighted by Crippen LogP contribution is 2.37. The fraction of sp³-hybridized carbons (Fsp3) is 0.222. The van der Waals surface area contributed by atoms with Crippen LogP contribution in [0, 0.1) is 0 Å². The third kappa shape index (κ3) is 4.70. The molecule has 1 atom stereocenters. The average molecular weight is 491 g/mol. The second-order valence-electron chi connectivity index (χ2n) is 8.20. The maximum atomic E-state index is 13.5. The molecule has 2 N–H and O–H groups in total. The number of thiazole rings is 1. The number of rotatable bonds is 6. The van der Waals surface area contributed by atoms with Gasteiger partial charge in [-0.1, -0.05) is 60.7 Å². The van der Waals surface area contributed by atoms with Crippen molar-refractivity contribution in [3.63, 3.8) is 0 Å². The lowest BCUT2D eigenvalue weighted by molar-refractivity contribution is -0.140. The van der Waals surface area contributed by atoms with Crippen molar-refractivity contribution in [3.05, 3.63) is 96.9 Å². The Morgan fingerprint density at radius 1 is 1.03 bits per heavy atom. The highest BCUT2D eigenvalue weighted by atomic mass is 32.1. The van der Waals surface area contributed by atoms with Gasteiger partial charge in [0.15, 0.2) is 0 Å². The van der Waals surface area contributed by atoms with Gasteiger partial charge < -0.3 is 15.2 Å². The van der Waals surface area contributed by atoms with Crippen molar-refractivity contribution in [1.82, 2.24) is 4.57 Å². The summed E-state index contributed by atoms with van der Waals surface area (Å²) in [5.74, 6) is -2.22. The summed E-state index contributed by atoms with van der Waals surface area (Å²) in [6.07, 6.45) is 1.33. The van der Waals surface area contributed by atoms with Crippen LogP contribution in [0.15, 0.2) is 71.0 Å². The summed E-state index contributed by atoms with van der Waals surface area (Å²) in [4.78, 5) is 40.1. The predicted octanol–water partition coefficient (Wildman–Crippen LogP) is 2.33. The van der Waals surface area contributed by atoms with E-state index in [0.717, 1.165) is 16.9 Å². The molecule has 0 aliphatic carbocycles. The van der Waals surface area contributed by atoms with E-state index in [2.05, 4.69) is 0 Å². The number of benzene rings is 2. The van der Waals surface area contributed by atoms with Crippen LogP contribution in [0.4, 0.5) is 0 Å². The molecule has 4 rings (SSSR count). The van der Waals surface area contributed by atoms with Gasteiger partial charge in [-0.25, -0.2) is 9.59 Å². The molecule has 0 saturated heterocycles. The number of hydrogen-bond acceptors (Lipinski definition) is 7. The fourth-order valence-electron chi connectivity index (χ4n) is 4.01. The molecule has 2 heterocycles. The van der Waals surface area contributed by atoms with Gasteiger partial charge in [0.05, 0.1) is 34.3 Å². The summed E-state index contributed by atoms with van der Waals surface area (Å²) in [6, 6.07) is 18.4. The molecular formula is C27H26N2O5S. The number of aromatic nitrogens is 1. The van der Waals surface area contributed by atoms with Crippen LogP contribution in [0.1, 0.15) is 37.8 Å². The third-order valence-electron chi connectivity index (χ3n) is 5.44. The standard InChI is InChI=1S/C27H26N2O5S/c1-4-33-26(31)21-20(18-13-9-6-10-14-18)22(27(32)34-16(2)3)25-29(23(21)28)24(30)19(35-25)15-17-11-7-5-8-12-17/h5-16,20H,4,28H2,1-3H3/t20-/m1/s1. The predicted molar refractivity (Wildman–Crippen MR) is 136 cm³/mol. The van der Waals surface area contributed by atoms with Crippen LogP contribution in [-0.4, -0.2) is 29.2 Å². The second kappa shape index (κ2) is 10.1. The monoisotopic (exact) mass is 490 g/mol. The van der Waals surface area contributed by atoms with Crippen molar-refractivity contribution in [2.45, 2.75) is 32.8 Å². The Labute approximate surface area is 206 Å². The zero-order valence-corrected chi connectivity index (χ0v) is 20.5. The third-order valence-corrected chi connectivity index (χ3v) is 6.54. The van der Waals surface area contributed by atoms with Crippen LogP contribution in [0.3, 0.4) is 0 Å². The first-order valence-corrected chi connectivity index (χ1v) is 12.1. The van der Waals surface area contributed by atoms with E-state index in [1.807, 2.05) is 48.5 Å². The number of carbonyl (C=O) groups is 2. The van der Waals surface area contributed by atoms with Crippen molar-refractivity contribution >= 4 is 40.7 Å². The summed E-state index contributed by atoms with van der Waals surface area (Å²) >= 11 is 1.14. The molecule has 1 aliphatic heterocycles. The van der Waals surface area contributed by atoms with E-state index in [4.69, 9.17) is 15.2 Å². The first-order chi connectivity index (χ1) is 16.8. The van der Waals surface area contributed by atoms with Gasteiger partial charge in [0, 0.05) is 0 Å².